The van der Waals surface area contributed by atoms with Gasteiger partial charge in [-0.05, 0) is 88.7 Å². The summed E-state index contributed by atoms with van der Waals surface area (Å²) in [6, 6.07) is 13.0. The number of imide groups is 1. The van der Waals surface area contributed by atoms with E-state index < -0.39 is 23.5 Å². The van der Waals surface area contributed by atoms with Crippen LogP contribution < -0.4 is 11.1 Å². The number of furan rings is 1. The molecule has 0 aliphatic carbocycles. The minimum atomic E-state index is -0.755. The molecule has 9 heteroatoms. The van der Waals surface area contributed by atoms with Crippen LogP contribution in [0.1, 0.15) is 66.3 Å². The van der Waals surface area contributed by atoms with Crippen molar-refractivity contribution < 1.29 is 23.5 Å². The Morgan fingerprint density at radius 1 is 1.00 bits per heavy atom. The van der Waals surface area contributed by atoms with Gasteiger partial charge in [0.1, 0.15) is 11.4 Å². The highest BCUT2D eigenvalue weighted by Crippen LogP contribution is 2.42. The zero-order valence-corrected chi connectivity index (χ0v) is 22.9. The van der Waals surface area contributed by atoms with Crippen molar-refractivity contribution in [1.29, 1.82) is 0 Å². The molecule has 4 aromatic rings. The summed E-state index contributed by atoms with van der Waals surface area (Å²) in [5.74, 6) is -0.715. The molecule has 4 heterocycles. The summed E-state index contributed by atoms with van der Waals surface area (Å²) in [7, 11) is 0. The first-order valence-electron chi connectivity index (χ1n) is 13.6. The largest absolute Gasteiger partial charge is 0.464 e. The number of nitrogens with one attached hydrogen (secondary N) is 1. The second-order valence-electron chi connectivity index (χ2n) is 11.5. The molecule has 2 amide bonds. The Kier molecular flexibility index (Phi) is 6.26. The summed E-state index contributed by atoms with van der Waals surface area (Å²) in [5.41, 5.74) is 9.03. The lowest BCUT2D eigenvalue weighted by Gasteiger charge is -2.26. The van der Waals surface area contributed by atoms with Gasteiger partial charge in [0.05, 0.1) is 34.3 Å². The van der Waals surface area contributed by atoms with E-state index in [1.807, 2.05) is 18.2 Å². The minimum absolute atomic E-state index is 0.0701. The number of nitrogen functional groups attached to an aromatic ring is 1. The van der Waals surface area contributed by atoms with Crippen molar-refractivity contribution in [3.05, 3.63) is 65.4 Å². The third-order valence-corrected chi connectivity index (χ3v) is 7.41. The number of likely N-dealkylation sites (tertiary alicyclic amines) is 1. The number of rotatable bonds is 4. The van der Waals surface area contributed by atoms with Crippen LogP contribution in [0.4, 0.5) is 10.5 Å². The normalized spacial score (nSPS) is 15.9. The number of benzene rings is 2. The van der Waals surface area contributed by atoms with Crippen LogP contribution in [0.5, 0.6) is 0 Å². The highest BCUT2D eigenvalue weighted by Gasteiger charge is 2.36. The molecule has 1 saturated heterocycles. The van der Waals surface area contributed by atoms with Gasteiger partial charge in [-0.2, -0.15) is 0 Å². The Balaban J connectivity index is 1.57. The van der Waals surface area contributed by atoms with E-state index in [0.717, 1.165) is 30.6 Å². The number of nitrogens with zero attached hydrogens (tertiary/aromatic N) is 2. The molecule has 2 aromatic heterocycles. The molecule has 2 aliphatic rings. The summed E-state index contributed by atoms with van der Waals surface area (Å²) in [6.45, 7) is 8.36. The Bertz CT molecular complexity index is 1650. The maximum Gasteiger partial charge on any atom is 0.419 e. The molecule has 0 bridgehead atoms. The Morgan fingerprint density at radius 3 is 2.45 bits per heavy atom. The first-order chi connectivity index (χ1) is 19.1. The molecule has 40 heavy (non-hydrogen) atoms. The third-order valence-electron chi connectivity index (χ3n) is 7.41. The summed E-state index contributed by atoms with van der Waals surface area (Å²) in [5, 5.41) is 3.19. The Hall–Kier alpha value is -4.37. The predicted octanol–water partition coefficient (Wildman–Crippen LogP) is 5.80. The lowest BCUT2D eigenvalue weighted by atomic mass is 9.93. The van der Waals surface area contributed by atoms with Crippen LogP contribution in [0.15, 0.2) is 53.1 Å². The average molecular weight is 541 g/mol. The number of fused-ring (bicyclic) bond motifs is 2. The van der Waals surface area contributed by atoms with E-state index in [-0.39, 0.29) is 16.8 Å². The van der Waals surface area contributed by atoms with Crippen molar-refractivity contribution in [3.63, 3.8) is 0 Å². The Morgan fingerprint density at radius 2 is 1.75 bits per heavy atom. The van der Waals surface area contributed by atoms with E-state index in [0.29, 0.717) is 28.1 Å². The molecule has 9 nitrogen and oxygen atoms in total. The van der Waals surface area contributed by atoms with Gasteiger partial charge in [-0.3, -0.25) is 19.8 Å². The number of hydrogen-bond donors (Lipinski definition) is 2. The van der Waals surface area contributed by atoms with Crippen LogP contribution in [-0.2, 0) is 11.3 Å². The molecule has 2 aromatic carbocycles. The van der Waals surface area contributed by atoms with E-state index in [2.05, 4.69) is 16.3 Å². The molecule has 2 aliphatic heterocycles. The number of hydrogen-bond acceptors (Lipinski definition) is 7. The molecular formula is C31H32N4O5. The third kappa shape index (κ3) is 4.56. The fourth-order valence-electron chi connectivity index (χ4n) is 5.68. The fraction of sp³-hybridized carbons (Fsp3) is 0.323. The quantitative estimate of drug-likeness (QED) is 0.248. The number of carbonyl (C=O) groups excluding carboxylic acids is 3. The van der Waals surface area contributed by atoms with E-state index in [1.165, 1.54) is 30.1 Å². The van der Waals surface area contributed by atoms with Crippen molar-refractivity contribution >= 4 is 34.5 Å². The van der Waals surface area contributed by atoms with Crippen molar-refractivity contribution in [2.45, 2.75) is 52.2 Å². The number of ether oxygens (including phenoxy) is 1. The standard InChI is InChI=1S/C31H32N4O5/c1-31(2,3)40-30(38)35-22-10-9-18(17-34-11-5-4-6-12-34)14-19(22)15-23(35)20-16-21(24-8-7-13-39-24)27(32)26-25(20)28(36)33-29(26)37/h7-10,13-16H,4-6,11-12,17,32H2,1-3H3,(H,33,36,37). The van der Waals surface area contributed by atoms with E-state index in [4.69, 9.17) is 14.9 Å². The molecule has 0 spiro atoms. The summed E-state index contributed by atoms with van der Waals surface area (Å²) < 4.78 is 12.9. The van der Waals surface area contributed by atoms with E-state index >= 15 is 0 Å². The van der Waals surface area contributed by atoms with Crippen LogP contribution in [0.3, 0.4) is 0 Å². The van der Waals surface area contributed by atoms with Crippen LogP contribution in [0, 0.1) is 0 Å². The molecule has 0 saturated carbocycles. The van der Waals surface area contributed by atoms with Gasteiger partial charge in [-0.15, -0.1) is 0 Å². The second-order valence-corrected chi connectivity index (χ2v) is 11.5. The zero-order chi connectivity index (χ0) is 28.2. The SMILES string of the molecule is CC(C)(C)OC(=O)n1c(-c2cc(-c3ccco3)c(N)c3c2C(=O)NC3=O)cc2cc(CN3CCCCC3)ccc21. The van der Waals surface area contributed by atoms with E-state index in [9.17, 15) is 14.4 Å². The van der Waals surface area contributed by atoms with Gasteiger partial charge in [-0.1, -0.05) is 12.5 Å². The highest BCUT2D eigenvalue weighted by atomic mass is 16.6. The maximum atomic E-state index is 13.7. The molecule has 1 fully saturated rings. The number of piperidine rings is 1. The molecular weight excluding hydrogens is 508 g/mol. The first-order valence-corrected chi connectivity index (χ1v) is 13.6. The van der Waals surface area contributed by atoms with E-state index in [1.54, 1.807) is 39.0 Å². The minimum Gasteiger partial charge on any atom is -0.464 e. The topological polar surface area (TPSA) is 120 Å². The zero-order valence-electron chi connectivity index (χ0n) is 22.9. The highest BCUT2D eigenvalue weighted by molar-refractivity contribution is 6.27. The maximum absolute atomic E-state index is 13.7. The van der Waals surface area contributed by atoms with Crippen LogP contribution in [-0.4, -0.2) is 46.1 Å². The number of carbonyl (C=O) groups is 3. The van der Waals surface area contributed by atoms with Crippen molar-refractivity contribution in [2.75, 3.05) is 18.8 Å². The lowest BCUT2D eigenvalue weighted by Crippen LogP contribution is -2.29. The second kappa shape index (κ2) is 9.67. The number of anilines is 1. The molecule has 0 radical (unpaired) electrons. The lowest BCUT2D eigenvalue weighted by molar-refractivity contribution is 0.0546. The Labute approximate surface area is 231 Å². The van der Waals surface area contributed by atoms with Gasteiger partial charge in [0.25, 0.3) is 11.8 Å². The van der Waals surface area contributed by atoms with Gasteiger partial charge in [0.15, 0.2) is 0 Å². The molecule has 0 unspecified atom stereocenters. The average Bonchev–Trinajstić information content (AvgIpc) is 3.62. The molecule has 6 rings (SSSR count). The van der Waals surface area contributed by atoms with Gasteiger partial charge in [0.2, 0.25) is 0 Å². The molecule has 0 atom stereocenters. The number of amides is 2. The van der Waals surface area contributed by atoms with Gasteiger partial charge in [-0.25, -0.2) is 9.36 Å². The van der Waals surface area contributed by atoms with Gasteiger partial charge < -0.3 is 14.9 Å². The monoisotopic (exact) mass is 540 g/mol. The number of nitrogens with two attached hydrogens (primary N) is 1. The fourth-order valence-corrected chi connectivity index (χ4v) is 5.68. The van der Waals surface area contributed by atoms with Crippen LogP contribution >= 0.6 is 0 Å². The van der Waals surface area contributed by atoms with Crippen molar-refractivity contribution in [2.24, 2.45) is 0 Å². The predicted molar refractivity (Wildman–Crippen MR) is 152 cm³/mol. The van der Waals surface area contributed by atoms with Gasteiger partial charge in [0, 0.05) is 23.1 Å². The van der Waals surface area contributed by atoms with Gasteiger partial charge >= 0.3 is 6.09 Å². The number of aromatic nitrogens is 1. The van der Waals surface area contributed by atoms with Crippen LogP contribution in [0.2, 0.25) is 0 Å². The summed E-state index contributed by atoms with van der Waals surface area (Å²) in [4.78, 5) is 42.1. The van der Waals surface area contributed by atoms with Crippen molar-refractivity contribution in [1.82, 2.24) is 14.8 Å². The summed E-state index contributed by atoms with van der Waals surface area (Å²) in [6.07, 6.45) is 4.58. The molecule has 206 valence electrons. The molecule has 3 N–H and O–H groups in total. The first kappa shape index (κ1) is 25.9. The van der Waals surface area contributed by atoms with Crippen molar-refractivity contribution in [3.8, 4) is 22.6 Å². The summed E-state index contributed by atoms with van der Waals surface area (Å²) >= 11 is 0. The van der Waals surface area contributed by atoms with Crippen LogP contribution in [0.25, 0.3) is 33.5 Å². The smallest absolute Gasteiger partial charge is 0.419 e.